The second kappa shape index (κ2) is 12.4. The molecule has 3 aromatic heterocycles. The minimum absolute atomic E-state index is 0.254. The van der Waals surface area contributed by atoms with Crippen molar-refractivity contribution in [1.82, 2.24) is 34.2 Å². The van der Waals surface area contributed by atoms with Gasteiger partial charge in [0.15, 0.2) is 5.65 Å². The number of amides is 2. The van der Waals surface area contributed by atoms with Crippen LogP contribution in [-0.4, -0.2) is 98.7 Å². The van der Waals surface area contributed by atoms with Crippen molar-refractivity contribution in [2.75, 3.05) is 51.8 Å². The zero-order valence-electron chi connectivity index (χ0n) is 23.6. The topological polar surface area (TPSA) is 119 Å². The fourth-order valence-corrected chi connectivity index (χ4v) is 6.41. The minimum atomic E-state index is -0.286. The number of benzene rings is 1. The van der Waals surface area contributed by atoms with E-state index in [1.807, 2.05) is 35.9 Å². The number of carbonyl (C=O) groups excluding carboxylic acids is 2. The number of piperidine rings is 1. The lowest BCUT2D eigenvalue weighted by molar-refractivity contribution is 0.00590. The molecule has 2 aliphatic heterocycles. The highest BCUT2D eigenvalue weighted by Gasteiger charge is 2.38. The number of methoxy groups -OCH3 is 1. The van der Waals surface area contributed by atoms with Crippen molar-refractivity contribution in [1.29, 1.82) is 0 Å². The molecule has 2 amide bonds. The van der Waals surface area contributed by atoms with Gasteiger partial charge in [-0.1, -0.05) is 17.7 Å². The van der Waals surface area contributed by atoms with Crippen LogP contribution in [0, 0.1) is 10.5 Å². The average molecular weight is 685 g/mol. The van der Waals surface area contributed by atoms with E-state index < -0.39 is 0 Å². The summed E-state index contributed by atoms with van der Waals surface area (Å²) in [4.78, 5) is 34.2. The highest BCUT2D eigenvalue weighted by Crippen LogP contribution is 2.36. The maximum absolute atomic E-state index is 13.5. The van der Waals surface area contributed by atoms with Gasteiger partial charge in [-0.05, 0) is 73.6 Å². The number of nitrogens with one attached hydrogen (secondary N) is 1. The molecule has 2 saturated heterocycles. The summed E-state index contributed by atoms with van der Waals surface area (Å²) in [6.07, 6.45) is 6.56. The lowest BCUT2D eigenvalue weighted by Gasteiger charge is -2.46. The number of hydrogen-bond acceptors (Lipinski definition) is 8. The first-order valence-corrected chi connectivity index (χ1v) is 15.1. The van der Waals surface area contributed by atoms with E-state index in [0.717, 1.165) is 46.4 Å². The Bertz CT molecular complexity index is 1570. The second-order valence-corrected chi connectivity index (χ2v) is 11.8. The quantitative estimate of drug-likeness (QED) is 0.221. The van der Waals surface area contributed by atoms with E-state index in [1.54, 1.807) is 35.0 Å². The molecule has 12 nitrogen and oxygen atoms in total. The van der Waals surface area contributed by atoms with Crippen LogP contribution >= 0.6 is 22.6 Å². The summed E-state index contributed by atoms with van der Waals surface area (Å²) in [7, 11) is 1.59. The third kappa shape index (κ3) is 5.72. The number of carbonyl (C=O) groups is 2. The highest BCUT2D eigenvalue weighted by atomic mass is 127. The van der Waals surface area contributed by atoms with E-state index in [9.17, 15) is 9.59 Å². The first kappa shape index (κ1) is 28.6. The van der Waals surface area contributed by atoms with Crippen molar-refractivity contribution in [3.63, 3.8) is 0 Å². The van der Waals surface area contributed by atoms with Gasteiger partial charge in [0.2, 0.25) is 0 Å². The molecule has 1 aromatic carbocycles. The molecule has 6 rings (SSSR count). The maximum Gasteiger partial charge on any atom is 0.409 e. The first-order chi connectivity index (χ1) is 20.4. The molecule has 0 atom stereocenters. The normalized spacial score (nSPS) is 16.5. The Balaban J connectivity index is 1.17. The Labute approximate surface area is 257 Å². The molecule has 0 radical (unpaired) electrons. The summed E-state index contributed by atoms with van der Waals surface area (Å²) in [5.74, 6) is 0.606. The maximum atomic E-state index is 13.5. The zero-order valence-corrected chi connectivity index (χ0v) is 25.7. The molecule has 0 unspecified atom stereocenters. The number of nitrogens with zero attached hydrogens (tertiary/aromatic N) is 7. The fraction of sp³-hybridized carbons (Fsp3) is 0.414. The van der Waals surface area contributed by atoms with Crippen LogP contribution in [0.15, 0.2) is 48.9 Å². The molecule has 42 heavy (non-hydrogen) atoms. The van der Waals surface area contributed by atoms with Crippen LogP contribution in [0.25, 0.3) is 11.3 Å². The third-order valence-electron chi connectivity index (χ3n) is 7.95. The van der Waals surface area contributed by atoms with E-state index in [4.69, 9.17) is 14.6 Å². The Kier molecular flexibility index (Phi) is 8.40. The Morgan fingerprint density at radius 3 is 2.62 bits per heavy atom. The van der Waals surface area contributed by atoms with E-state index in [-0.39, 0.29) is 24.5 Å². The number of likely N-dealkylation sites (tertiary alicyclic amines) is 2. The number of hydrogen-bond donors (Lipinski definition) is 1. The van der Waals surface area contributed by atoms with E-state index in [2.05, 4.69) is 42.9 Å². The van der Waals surface area contributed by atoms with Crippen molar-refractivity contribution < 1.29 is 19.1 Å². The number of aryl methyl sites for hydroxylation is 1. The van der Waals surface area contributed by atoms with Crippen LogP contribution in [-0.2, 0) is 9.47 Å². The summed E-state index contributed by atoms with van der Waals surface area (Å²) in [5.41, 5.74) is 3.91. The van der Waals surface area contributed by atoms with Crippen molar-refractivity contribution in [3.05, 3.63) is 69.3 Å². The van der Waals surface area contributed by atoms with E-state index in [0.29, 0.717) is 42.8 Å². The highest BCUT2D eigenvalue weighted by molar-refractivity contribution is 14.1. The molecule has 4 aromatic rings. The second-order valence-electron chi connectivity index (χ2n) is 10.7. The van der Waals surface area contributed by atoms with Crippen LogP contribution in [0.5, 0.6) is 0 Å². The third-order valence-corrected chi connectivity index (χ3v) is 9.02. The molecule has 2 fully saturated rings. The van der Waals surface area contributed by atoms with Crippen molar-refractivity contribution in [2.45, 2.75) is 31.7 Å². The van der Waals surface area contributed by atoms with Gasteiger partial charge in [-0.25, -0.2) is 19.0 Å². The van der Waals surface area contributed by atoms with Gasteiger partial charge >= 0.3 is 6.09 Å². The number of aromatic nitrogens is 5. The molecular formula is C29H33IN8O4. The van der Waals surface area contributed by atoms with Gasteiger partial charge in [0.05, 0.1) is 27.8 Å². The van der Waals surface area contributed by atoms with Crippen LogP contribution in [0.4, 0.5) is 10.6 Å². The molecule has 220 valence electrons. The fourth-order valence-electron chi connectivity index (χ4n) is 5.50. The van der Waals surface area contributed by atoms with Gasteiger partial charge in [-0.2, -0.15) is 10.2 Å². The summed E-state index contributed by atoms with van der Waals surface area (Å²) in [5, 5.41) is 12.5. The Morgan fingerprint density at radius 2 is 1.88 bits per heavy atom. The monoisotopic (exact) mass is 684 g/mol. The molecule has 1 N–H and O–H groups in total. The Morgan fingerprint density at radius 1 is 1.12 bits per heavy atom. The standard InChI is InChI=1S/C29H33IN8O4/c1-19-4-6-21(7-5-19)38-27(33-28(39)23-16-32-37-11-3-10-31-26(23)37)24(30)25(34-38)20-8-12-35(13-9-20)22-17-36(18-22)29(40)42-15-14-41-2/h3-7,10-11,16,20,22H,8-9,12-15,17-18H2,1-2H3,(H,33,39). The van der Waals surface area contributed by atoms with E-state index >= 15 is 0 Å². The molecular weight excluding hydrogens is 651 g/mol. The van der Waals surface area contributed by atoms with Gasteiger partial charge in [0.1, 0.15) is 18.0 Å². The number of halogens is 1. The van der Waals surface area contributed by atoms with Crippen molar-refractivity contribution >= 4 is 46.1 Å². The van der Waals surface area contributed by atoms with Crippen LogP contribution in [0.1, 0.15) is 40.4 Å². The molecule has 13 heteroatoms. The predicted octanol–water partition coefficient (Wildman–Crippen LogP) is 3.73. The van der Waals surface area contributed by atoms with Gasteiger partial charge < -0.3 is 19.7 Å². The van der Waals surface area contributed by atoms with Crippen LogP contribution in [0.2, 0.25) is 0 Å². The van der Waals surface area contributed by atoms with E-state index in [1.165, 1.54) is 6.20 Å². The molecule has 0 spiro atoms. The van der Waals surface area contributed by atoms with Gasteiger partial charge in [-0.15, -0.1) is 0 Å². The summed E-state index contributed by atoms with van der Waals surface area (Å²) in [6, 6.07) is 10.2. The van der Waals surface area contributed by atoms with Crippen LogP contribution < -0.4 is 5.32 Å². The zero-order chi connectivity index (χ0) is 29.2. The van der Waals surface area contributed by atoms with Crippen LogP contribution in [0.3, 0.4) is 0 Å². The largest absolute Gasteiger partial charge is 0.447 e. The summed E-state index contributed by atoms with van der Waals surface area (Å²) in [6.45, 7) is 5.93. The number of ether oxygens (including phenoxy) is 2. The first-order valence-electron chi connectivity index (χ1n) is 14.0. The molecule has 2 aliphatic rings. The predicted molar refractivity (Wildman–Crippen MR) is 164 cm³/mol. The van der Waals surface area contributed by atoms with Gasteiger partial charge in [0.25, 0.3) is 5.91 Å². The smallest absolute Gasteiger partial charge is 0.409 e. The van der Waals surface area contributed by atoms with Crippen molar-refractivity contribution in [2.24, 2.45) is 0 Å². The van der Waals surface area contributed by atoms with Gasteiger partial charge in [0, 0.05) is 44.6 Å². The Hall–Kier alpha value is -3.56. The number of fused-ring (bicyclic) bond motifs is 1. The van der Waals surface area contributed by atoms with Crippen molar-refractivity contribution in [3.8, 4) is 5.69 Å². The molecule has 0 bridgehead atoms. The minimum Gasteiger partial charge on any atom is -0.447 e. The molecule has 0 aliphatic carbocycles. The lowest BCUT2D eigenvalue weighted by Crippen LogP contribution is -2.62. The van der Waals surface area contributed by atoms with Gasteiger partial charge in [-0.3, -0.25) is 9.69 Å². The summed E-state index contributed by atoms with van der Waals surface area (Å²) < 4.78 is 14.5. The molecule has 5 heterocycles. The lowest BCUT2D eigenvalue weighted by atomic mass is 9.91. The number of anilines is 1. The average Bonchev–Trinajstić information content (AvgIpc) is 3.55. The summed E-state index contributed by atoms with van der Waals surface area (Å²) >= 11 is 2.31. The number of rotatable bonds is 8. The SMILES string of the molecule is COCCOC(=O)N1CC(N2CCC(c3nn(-c4ccc(C)cc4)c(NC(=O)c4cnn5cccnc45)c3I)CC2)C1. The molecule has 0 saturated carbocycles.